The summed E-state index contributed by atoms with van der Waals surface area (Å²) in [6.07, 6.45) is 15.5. The summed E-state index contributed by atoms with van der Waals surface area (Å²) in [7, 11) is 4.83. The van der Waals surface area contributed by atoms with Crippen LogP contribution in [-0.4, -0.2) is 265 Å². The van der Waals surface area contributed by atoms with E-state index in [0.717, 1.165) is 119 Å². The van der Waals surface area contributed by atoms with Crippen molar-refractivity contribution < 1.29 is 81.1 Å². The average Bonchev–Trinajstić information content (AvgIpc) is 0.802. The van der Waals surface area contributed by atoms with Gasteiger partial charge in [-0.25, -0.2) is 29.1 Å². The Morgan fingerprint density at radius 3 is 1.13 bits per heavy atom. The minimum Gasteiger partial charge on any atom is -0.497 e. The first-order valence-corrected chi connectivity index (χ1v) is 51.6. The van der Waals surface area contributed by atoms with Crippen molar-refractivity contribution in [3.8, 4) is 17.2 Å². The fourth-order valence-corrected chi connectivity index (χ4v) is 17.5. The van der Waals surface area contributed by atoms with Crippen molar-refractivity contribution >= 4 is 123 Å². The number of piperidine rings is 6. The van der Waals surface area contributed by atoms with Gasteiger partial charge in [0.05, 0.1) is 21.3 Å². The Labute approximate surface area is 858 Å². The van der Waals surface area contributed by atoms with E-state index >= 15 is 0 Å². The van der Waals surface area contributed by atoms with E-state index in [9.17, 15) is 47.9 Å². The summed E-state index contributed by atoms with van der Waals surface area (Å²) in [5.74, 6) is 3.40. The van der Waals surface area contributed by atoms with Crippen molar-refractivity contribution in [3.63, 3.8) is 0 Å². The van der Waals surface area contributed by atoms with Gasteiger partial charge in [-0.15, -0.1) is 30.6 Å². The van der Waals surface area contributed by atoms with Gasteiger partial charge in [-0.05, 0) is 324 Å². The van der Waals surface area contributed by atoms with Crippen LogP contribution >= 0.6 is 35.1 Å². The van der Waals surface area contributed by atoms with Crippen LogP contribution in [0, 0.1) is 17.8 Å². The molecule has 0 aliphatic carbocycles. The third-order valence-electron chi connectivity index (χ3n) is 23.9. The van der Waals surface area contributed by atoms with Gasteiger partial charge in [0.2, 0.25) is 16.3 Å². The van der Waals surface area contributed by atoms with Gasteiger partial charge >= 0.3 is 24.4 Å². The standard InChI is InChI=1S/C34H43N7O5.C21H28N6O3S.C19H27NO4.C14H19NO2.C10H20N2O2.C6H6ClN3OS/c1-34(2,3)46-33(44)40-18-15-24(16-19-40)23-7-11-26(12-8-23)36-31-29(30(35)43)38-39-32(37-31)41-17-5-6-22(21-41)20-28(42)25-9-13-27(45-4)14-10-25;1-21(2,3)30-20(29)27-11-9-14(10-12-27)13-5-7-15(8-6-13)23-18-16(17(22)28)25-26-19(24-18)31-4;1-19(2,3)24-18(22)20-11-5-6-14(13-20)12-17(21)15-7-9-16(23-4)10-8-15;1-17-13-6-4-12(5-7-13)14(16)9-11-3-2-8-15-10-11;1-10(2,3)14-9(13)12-6-4-5-8(11)7-12;1-3(11)4-5(7)8-6(12-2)10-9-4/h7-14,22,24H,5-6,15-21H2,1-4H3,(H2,35,43)(H,36,37,39);5-8,14H,9-12H2,1-4H3,(H2,22,28)(H,23,24,26);7-10,14H,5-6,11-13H2,1-4H3;4-7,11,15H,2-3,8-10H2,1H3;8H,4-7,11H2,1-3H3;1-2H3/t22-;;14-;11-;8-;/m0.001./s1. The molecule has 0 unspecified atom stereocenters. The summed E-state index contributed by atoms with van der Waals surface area (Å²) in [6.45, 7) is 32.5. The topological polar surface area (TPSA) is 482 Å². The van der Waals surface area contributed by atoms with Gasteiger partial charge in [-0.2, -0.15) is 4.98 Å². The number of amides is 6. The second-order valence-electron chi connectivity index (χ2n) is 40.0. The number of carbonyl (C=O) groups excluding carboxylic acids is 10. The van der Waals surface area contributed by atoms with Gasteiger partial charge in [0.1, 0.15) is 39.7 Å². The van der Waals surface area contributed by atoms with Crippen molar-refractivity contribution in [3.05, 3.63) is 171 Å². The number of carbonyl (C=O) groups is 10. The maximum Gasteiger partial charge on any atom is 0.410 e. The molecule has 6 amide bonds. The number of hydrogen-bond donors (Lipinski definition) is 6. The number of anilines is 5. The highest BCUT2D eigenvalue weighted by Gasteiger charge is 2.35. The van der Waals surface area contributed by atoms with Crippen molar-refractivity contribution in [1.82, 2.24) is 70.5 Å². The number of nitrogens with zero attached hydrogens (tertiary/aromatic N) is 14. The van der Waals surface area contributed by atoms with Gasteiger partial charge in [0, 0.05) is 126 Å². The molecule has 9 N–H and O–H groups in total. The lowest BCUT2D eigenvalue weighted by molar-refractivity contribution is 0.0157. The number of rotatable bonds is 24. The number of nitrogens with one attached hydrogen (secondary N) is 3. The SMILES string of the molecule is CC(C)(C)OC(=O)N1CCC[C@@H](N)C1.COc1ccc(C(=O)C[C@@H]2CCCN(C(=O)OC(C)(C)C)C2)cc1.COc1ccc(C(=O)C[C@@H]2CCCN(c3nnc(C(N)=O)c(Nc4ccc(C5CCN(C(=O)OC(C)(C)C)CC5)cc4)n3)C2)cc1.COc1ccc(C(=O)C[C@@H]2CCCNC2)cc1.CSc1nnc(C(C)=O)c(Cl)n1.CSc1nnc(C(N)=O)c(Nc2ccc(C3CCN(C(=O)OC(C)(C)C)CC3)cc2)n1. The number of thioether (sulfide) groups is 2. The highest BCUT2D eigenvalue weighted by atomic mass is 35.5. The largest absolute Gasteiger partial charge is 0.497 e. The number of aromatic nitrogens is 9. The number of ether oxygens (including phenoxy) is 7. The molecule has 0 radical (unpaired) electrons. The van der Waals surface area contributed by atoms with E-state index in [1.807, 2.05) is 167 Å². The molecular formula is C104H143ClN20O17S2. The lowest BCUT2D eigenvalue weighted by Crippen LogP contribution is -2.47. The zero-order valence-corrected chi connectivity index (χ0v) is 88.6. The molecule has 780 valence electrons. The molecule has 8 aromatic rings. The van der Waals surface area contributed by atoms with E-state index in [0.29, 0.717) is 129 Å². The van der Waals surface area contributed by atoms with Crippen LogP contribution in [0.1, 0.15) is 272 Å². The molecule has 0 saturated carbocycles. The molecule has 6 aliphatic rings. The van der Waals surface area contributed by atoms with Crippen LogP contribution in [0.3, 0.4) is 0 Å². The first-order chi connectivity index (χ1) is 68.2. The minimum absolute atomic E-state index is 0.00334. The molecule has 4 atom stereocenters. The zero-order valence-electron chi connectivity index (χ0n) is 86.2. The van der Waals surface area contributed by atoms with Gasteiger partial charge in [-0.1, -0.05) is 59.4 Å². The zero-order chi connectivity index (χ0) is 105. The molecular weight excluding hydrogens is 1900 g/mol. The summed E-state index contributed by atoms with van der Waals surface area (Å²) in [4.78, 5) is 142. The Kier molecular flexibility index (Phi) is 44.0. The van der Waals surface area contributed by atoms with Gasteiger partial charge in [-0.3, -0.25) is 28.8 Å². The van der Waals surface area contributed by atoms with E-state index in [4.69, 9.17) is 62.0 Å². The first-order valence-electron chi connectivity index (χ1n) is 48.7. The lowest BCUT2D eigenvalue weighted by Gasteiger charge is -2.34. The smallest absolute Gasteiger partial charge is 0.410 e. The number of ketones is 4. The highest BCUT2D eigenvalue weighted by molar-refractivity contribution is 7.98. The number of likely N-dealkylation sites (tertiary alicyclic amines) is 4. The fraction of sp³-hybridized carbons (Fsp3) is 0.529. The van der Waals surface area contributed by atoms with Crippen LogP contribution in [0.25, 0.3) is 0 Å². The maximum atomic E-state index is 13.0. The average molecular weight is 2040 g/mol. The van der Waals surface area contributed by atoms with E-state index in [1.54, 1.807) is 95.7 Å². The summed E-state index contributed by atoms with van der Waals surface area (Å²) in [5, 5.41) is 34.0. The van der Waals surface area contributed by atoms with Crippen molar-refractivity contribution in [2.45, 2.75) is 237 Å². The highest BCUT2D eigenvalue weighted by Crippen LogP contribution is 2.36. The van der Waals surface area contributed by atoms with Crippen LogP contribution in [-0.2, 0) is 18.9 Å². The summed E-state index contributed by atoms with van der Waals surface area (Å²) >= 11 is 8.30. The second-order valence-corrected chi connectivity index (χ2v) is 41.9. The number of benzene rings is 5. The third kappa shape index (κ3) is 38.3. The number of halogens is 1. The number of Topliss-reactive ketones (excluding diaryl/α,β-unsaturated/α-hetero) is 4. The predicted octanol–water partition coefficient (Wildman–Crippen LogP) is 17.9. The third-order valence-corrected chi connectivity index (χ3v) is 25.2. The normalized spacial score (nSPS) is 17.2. The molecule has 40 heteroatoms. The van der Waals surface area contributed by atoms with Gasteiger partial charge in [0.15, 0.2) is 57.0 Å². The minimum atomic E-state index is -0.732. The van der Waals surface area contributed by atoms with Crippen LogP contribution in [0.4, 0.5) is 48.1 Å². The molecule has 5 aromatic carbocycles. The summed E-state index contributed by atoms with van der Waals surface area (Å²) < 4.78 is 37.1. The van der Waals surface area contributed by atoms with E-state index in [-0.39, 0.29) is 99.3 Å². The van der Waals surface area contributed by atoms with Crippen LogP contribution in [0.2, 0.25) is 5.15 Å². The number of methoxy groups -OCH3 is 3. The number of primary amides is 2. The van der Waals surface area contributed by atoms with Crippen molar-refractivity contribution in [2.75, 3.05) is 128 Å². The monoisotopic (exact) mass is 2040 g/mol. The molecule has 144 heavy (non-hydrogen) atoms. The Bertz CT molecular complexity index is 5560. The predicted molar refractivity (Wildman–Crippen MR) is 556 cm³/mol. The molecule has 9 heterocycles. The molecule has 6 saturated heterocycles. The number of hydrogen-bond acceptors (Lipinski definition) is 33. The van der Waals surface area contributed by atoms with Gasteiger partial charge < -0.3 is 90.8 Å². The van der Waals surface area contributed by atoms with E-state index in [2.05, 4.69) is 61.5 Å². The maximum absolute atomic E-state index is 13.0. The van der Waals surface area contributed by atoms with Crippen molar-refractivity contribution in [2.24, 2.45) is 35.0 Å². The van der Waals surface area contributed by atoms with Crippen molar-refractivity contribution in [1.29, 1.82) is 0 Å². The molecule has 0 spiro atoms. The van der Waals surface area contributed by atoms with Crippen LogP contribution in [0.5, 0.6) is 17.2 Å². The Hall–Kier alpha value is -12.5. The Morgan fingerprint density at radius 1 is 0.410 bits per heavy atom. The van der Waals surface area contributed by atoms with Crippen LogP contribution < -0.4 is 52.3 Å². The summed E-state index contributed by atoms with van der Waals surface area (Å²) in [6, 6.07) is 37.7. The first kappa shape index (κ1) is 115. The number of nitrogens with two attached hydrogens (primary N) is 3. The molecule has 3 aromatic heterocycles. The molecule has 6 fully saturated rings. The van der Waals surface area contributed by atoms with Crippen LogP contribution in [0.15, 0.2) is 132 Å². The molecule has 6 aliphatic heterocycles. The quantitative estimate of drug-likeness (QED) is 0.0186. The molecule has 37 nitrogen and oxygen atoms in total. The Morgan fingerprint density at radius 2 is 0.764 bits per heavy atom. The van der Waals surface area contributed by atoms with Gasteiger partial charge in [0.25, 0.3) is 11.8 Å². The fourth-order valence-electron chi connectivity index (χ4n) is 16.6. The molecule has 0 bridgehead atoms. The molecule has 14 rings (SSSR count). The van der Waals surface area contributed by atoms with E-state index in [1.165, 1.54) is 48.0 Å². The van der Waals surface area contributed by atoms with E-state index < -0.39 is 34.2 Å². The Balaban J connectivity index is 0.000000205. The second kappa shape index (κ2) is 55.0. The lowest BCUT2D eigenvalue weighted by atomic mass is 9.89. The summed E-state index contributed by atoms with van der Waals surface area (Å²) in [5.41, 5.74) is 20.9.